The number of nitrogens with zero attached hydrogens (tertiary/aromatic N) is 1. The van der Waals surface area contributed by atoms with Crippen molar-refractivity contribution in [2.75, 3.05) is 11.9 Å². The zero-order valence-corrected chi connectivity index (χ0v) is 12.3. The number of nitrogens with one attached hydrogen (secondary N) is 1. The van der Waals surface area contributed by atoms with Crippen LogP contribution < -0.4 is 5.32 Å². The Morgan fingerprint density at radius 3 is 2.53 bits per heavy atom. The van der Waals surface area contributed by atoms with Gasteiger partial charge in [-0.1, -0.05) is 13.8 Å². The zero-order valence-electron chi connectivity index (χ0n) is 12.3. The number of fused-ring (bicyclic) bond motifs is 1. The van der Waals surface area contributed by atoms with E-state index in [1.54, 1.807) is 6.07 Å². The van der Waals surface area contributed by atoms with Crippen LogP contribution in [0.5, 0.6) is 0 Å². The monoisotopic (exact) mass is 260 g/mol. The lowest BCUT2D eigenvalue weighted by atomic mass is 9.95. The maximum atomic E-state index is 13.5. The van der Waals surface area contributed by atoms with Gasteiger partial charge in [-0.3, -0.25) is 4.98 Å². The smallest absolute Gasteiger partial charge is 0.125 e. The first-order chi connectivity index (χ1) is 8.95. The van der Waals surface area contributed by atoms with Gasteiger partial charge in [-0.15, -0.1) is 0 Å². The molecule has 19 heavy (non-hydrogen) atoms. The largest absolute Gasteiger partial charge is 0.384 e. The predicted octanol–water partition coefficient (Wildman–Crippen LogP) is 4.55. The lowest BCUT2D eigenvalue weighted by Gasteiger charge is -2.20. The molecule has 0 bridgehead atoms. The van der Waals surface area contributed by atoms with Gasteiger partial charge in [-0.25, -0.2) is 4.39 Å². The minimum absolute atomic E-state index is 0.225. The highest BCUT2D eigenvalue weighted by Gasteiger charge is 2.17. The molecule has 3 heteroatoms. The summed E-state index contributed by atoms with van der Waals surface area (Å²) in [5.41, 5.74) is 4.97. The molecular weight excluding hydrogens is 239 g/mol. The average molecular weight is 260 g/mol. The topological polar surface area (TPSA) is 24.9 Å². The molecule has 0 radical (unpaired) electrons. The van der Waals surface area contributed by atoms with E-state index >= 15 is 0 Å². The molecule has 0 saturated carbocycles. The van der Waals surface area contributed by atoms with Gasteiger partial charge < -0.3 is 5.32 Å². The van der Waals surface area contributed by atoms with Gasteiger partial charge in [0.05, 0.1) is 5.52 Å². The average Bonchev–Trinajstić information content (AvgIpc) is 2.26. The Kier molecular flexibility index (Phi) is 3.74. The molecule has 2 rings (SSSR count). The Balaban J connectivity index is 2.90. The second-order valence-corrected chi connectivity index (χ2v) is 5.29. The van der Waals surface area contributed by atoms with Crippen molar-refractivity contribution in [2.45, 2.75) is 40.5 Å². The lowest BCUT2D eigenvalue weighted by molar-refractivity contribution is 0.628. The first kappa shape index (κ1) is 13.8. The summed E-state index contributed by atoms with van der Waals surface area (Å²) in [5, 5.41) is 4.48. The van der Waals surface area contributed by atoms with Crippen molar-refractivity contribution in [1.29, 1.82) is 0 Å². The van der Waals surface area contributed by atoms with Crippen molar-refractivity contribution in [1.82, 2.24) is 4.98 Å². The third-order valence-corrected chi connectivity index (χ3v) is 3.41. The third-order valence-electron chi connectivity index (χ3n) is 3.41. The summed E-state index contributed by atoms with van der Waals surface area (Å²) in [6.07, 6.45) is 0. The fourth-order valence-electron chi connectivity index (χ4n) is 2.76. The van der Waals surface area contributed by atoms with Crippen LogP contribution in [-0.2, 0) is 0 Å². The van der Waals surface area contributed by atoms with Gasteiger partial charge in [0.1, 0.15) is 5.82 Å². The number of rotatable bonds is 3. The van der Waals surface area contributed by atoms with Crippen LogP contribution in [0.1, 0.15) is 43.5 Å². The molecule has 0 aliphatic heterocycles. The van der Waals surface area contributed by atoms with E-state index in [0.29, 0.717) is 5.92 Å². The summed E-state index contributed by atoms with van der Waals surface area (Å²) < 4.78 is 13.5. The van der Waals surface area contributed by atoms with E-state index in [1.807, 2.05) is 13.8 Å². The molecule has 0 fully saturated rings. The molecule has 0 aliphatic carbocycles. The maximum absolute atomic E-state index is 13.5. The second-order valence-electron chi connectivity index (χ2n) is 5.29. The molecule has 1 aromatic carbocycles. The second kappa shape index (κ2) is 5.16. The summed E-state index contributed by atoms with van der Waals surface area (Å²) in [6.45, 7) is 11.2. The van der Waals surface area contributed by atoms with Gasteiger partial charge >= 0.3 is 0 Å². The quantitative estimate of drug-likeness (QED) is 0.876. The molecule has 102 valence electrons. The standard InChI is InChI=1S/C16H21FN2/c1-6-18-16-14(9(2)3)11(5)19-13-8-12(17)7-10(4)15(13)16/h7-9H,6H2,1-5H3,(H,18,19). The summed E-state index contributed by atoms with van der Waals surface area (Å²) in [7, 11) is 0. The number of hydrogen-bond donors (Lipinski definition) is 1. The minimum atomic E-state index is -0.225. The van der Waals surface area contributed by atoms with Crippen LogP contribution in [-0.4, -0.2) is 11.5 Å². The molecule has 2 nitrogen and oxygen atoms in total. The highest BCUT2D eigenvalue weighted by molar-refractivity contribution is 5.96. The highest BCUT2D eigenvalue weighted by atomic mass is 19.1. The Morgan fingerprint density at radius 1 is 1.26 bits per heavy atom. The molecular formula is C16H21FN2. The Bertz CT molecular complexity index is 618. The van der Waals surface area contributed by atoms with Crippen LogP contribution in [0.3, 0.4) is 0 Å². The Hall–Kier alpha value is -1.64. The van der Waals surface area contributed by atoms with Crippen LogP contribution in [0.4, 0.5) is 10.1 Å². The third kappa shape index (κ3) is 2.42. The molecule has 0 atom stereocenters. The Morgan fingerprint density at radius 2 is 1.95 bits per heavy atom. The number of hydrogen-bond acceptors (Lipinski definition) is 2. The van der Waals surface area contributed by atoms with Crippen molar-refractivity contribution in [2.24, 2.45) is 0 Å². The van der Waals surface area contributed by atoms with Crippen molar-refractivity contribution >= 4 is 16.6 Å². The number of halogens is 1. The van der Waals surface area contributed by atoms with Gasteiger partial charge in [0, 0.05) is 29.4 Å². The highest BCUT2D eigenvalue weighted by Crippen LogP contribution is 2.35. The van der Waals surface area contributed by atoms with Crippen LogP contribution >= 0.6 is 0 Å². The molecule has 0 aliphatic rings. The molecule has 0 saturated heterocycles. The van der Waals surface area contributed by atoms with Gasteiger partial charge in [0.2, 0.25) is 0 Å². The van der Waals surface area contributed by atoms with E-state index < -0.39 is 0 Å². The van der Waals surface area contributed by atoms with E-state index in [2.05, 4.69) is 31.1 Å². The SMILES string of the molecule is CCNc1c(C(C)C)c(C)nc2cc(F)cc(C)c12. The molecule has 1 heterocycles. The first-order valence-corrected chi connectivity index (χ1v) is 6.79. The molecule has 0 unspecified atom stereocenters. The van der Waals surface area contributed by atoms with Gasteiger partial charge in [0.25, 0.3) is 0 Å². The van der Waals surface area contributed by atoms with Crippen molar-refractivity contribution in [3.63, 3.8) is 0 Å². The van der Waals surface area contributed by atoms with Crippen LogP contribution in [0.15, 0.2) is 12.1 Å². The maximum Gasteiger partial charge on any atom is 0.125 e. The van der Waals surface area contributed by atoms with Crippen LogP contribution in [0.25, 0.3) is 10.9 Å². The molecule has 0 amide bonds. The molecule has 1 N–H and O–H groups in total. The number of pyridine rings is 1. The summed E-state index contributed by atoms with van der Waals surface area (Å²) in [6, 6.07) is 3.09. The minimum Gasteiger partial charge on any atom is -0.384 e. The molecule has 0 spiro atoms. The number of aromatic nitrogens is 1. The molecule has 1 aromatic heterocycles. The summed E-state index contributed by atoms with van der Waals surface area (Å²) >= 11 is 0. The van der Waals surface area contributed by atoms with Crippen molar-refractivity contribution in [3.05, 3.63) is 34.8 Å². The van der Waals surface area contributed by atoms with Crippen LogP contribution in [0.2, 0.25) is 0 Å². The lowest BCUT2D eigenvalue weighted by Crippen LogP contribution is -2.07. The first-order valence-electron chi connectivity index (χ1n) is 6.79. The van der Waals surface area contributed by atoms with Gasteiger partial charge in [0.15, 0.2) is 0 Å². The van der Waals surface area contributed by atoms with Gasteiger partial charge in [-0.05, 0) is 43.9 Å². The van der Waals surface area contributed by atoms with Crippen molar-refractivity contribution in [3.8, 4) is 0 Å². The van der Waals surface area contributed by atoms with E-state index in [4.69, 9.17) is 0 Å². The zero-order chi connectivity index (χ0) is 14.2. The predicted molar refractivity (Wildman–Crippen MR) is 79.4 cm³/mol. The number of anilines is 1. The fourth-order valence-corrected chi connectivity index (χ4v) is 2.76. The number of aryl methyl sites for hydroxylation is 2. The Labute approximate surface area is 114 Å². The van der Waals surface area contributed by atoms with Crippen LogP contribution in [0, 0.1) is 19.7 Å². The molecule has 2 aromatic rings. The fraction of sp³-hybridized carbons (Fsp3) is 0.438. The van der Waals surface area contributed by atoms with E-state index in [0.717, 1.165) is 34.4 Å². The van der Waals surface area contributed by atoms with E-state index in [9.17, 15) is 4.39 Å². The van der Waals surface area contributed by atoms with E-state index in [1.165, 1.54) is 11.6 Å². The summed E-state index contributed by atoms with van der Waals surface area (Å²) in [5.74, 6) is 0.159. The van der Waals surface area contributed by atoms with Gasteiger partial charge in [-0.2, -0.15) is 0 Å². The number of benzene rings is 1. The van der Waals surface area contributed by atoms with E-state index in [-0.39, 0.29) is 5.82 Å². The normalized spacial score (nSPS) is 11.3. The van der Waals surface area contributed by atoms with Crippen molar-refractivity contribution < 1.29 is 4.39 Å². The summed E-state index contributed by atoms with van der Waals surface area (Å²) in [4.78, 5) is 4.58.